The lowest BCUT2D eigenvalue weighted by Gasteiger charge is -2.12. The fourth-order valence-corrected chi connectivity index (χ4v) is 3.75. The number of amides is 1. The molecule has 1 N–H and O–H groups in total. The van der Waals surface area contributed by atoms with Gasteiger partial charge in [-0.1, -0.05) is 30.3 Å². The number of rotatable bonds is 7. The van der Waals surface area contributed by atoms with Crippen LogP contribution >= 0.6 is 11.6 Å². The number of hydrogen-bond donors (Lipinski definition) is 1. The Hall–Kier alpha value is -4.04. The maximum absolute atomic E-state index is 12.6. The summed E-state index contributed by atoms with van der Waals surface area (Å²) in [6, 6.07) is 22.3. The first kappa shape index (κ1) is 21.8. The Bertz CT molecular complexity index is 1310. The van der Waals surface area contributed by atoms with E-state index in [-0.39, 0.29) is 18.7 Å². The van der Waals surface area contributed by atoms with E-state index in [1.807, 2.05) is 67.6 Å². The molecule has 1 unspecified atom stereocenters. The summed E-state index contributed by atoms with van der Waals surface area (Å²) in [7, 11) is 0. The molecule has 9 heteroatoms. The third-order valence-corrected chi connectivity index (χ3v) is 5.64. The Morgan fingerprint density at radius 2 is 1.85 bits per heavy atom. The van der Waals surface area contributed by atoms with Crippen LogP contribution < -0.4 is 19.5 Å². The molecule has 5 rings (SSSR count). The van der Waals surface area contributed by atoms with Crippen molar-refractivity contribution in [1.29, 1.82) is 0 Å². The van der Waals surface area contributed by atoms with Crippen molar-refractivity contribution in [3.05, 3.63) is 78.4 Å². The Morgan fingerprint density at radius 1 is 1.09 bits per heavy atom. The van der Waals surface area contributed by atoms with Gasteiger partial charge in [-0.3, -0.25) is 4.79 Å². The van der Waals surface area contributed by atoms with Gasteiger partial charge in [-0.25, -0.2) is 4.68 Å². The molecule has 0 saturated carbocycles. The number of ether oxygens (including phenoxy) is 3. The number of anilines is 1. The third-order valence-electron chi connectivity index (χ3n) is 5.19. The number of benzene rings is 3. The average Bonchev–Trinajstić information content (AvgIpc) is 3.51. The molecule has 0 spiro atoms. The van der Waals surface area contributed by atoms with Crippen molar-refractivity contribution in [2.24, 2.45) is 0 Å². The largest absolute Gasteiger partial charge is 0.463 e. The van der Waals surface area contributed by atoms with Crippen LogP contribution in [0, 0.1) is 0 Å². The van der Waals surface area contributed by atoms with E-state index in [0.717, 1.165) is 16.8 Å². The highest BCUT2D eigenvalue weighted by atomic mass is 35.5. The molecule has 4 aromatic rings. The molecule has 172 valence electrons. The van der Waals surface area contributed by atoms with Gasteiger partial charge in [0.05, 0.1) is 12.3 Å². The molecule has 0 saturated heterocycles. The Balaban J connectivity index is 1.40. The van der Waals surface area contributed by atoms with Crippen LogP contribution in [0.5, 0.6) is 17.5 Å². The molecule has 0 bridgehead atoms. The molecule has 0 fully saturated rings. The molecular weight excluding hydrogens is 456 g/mol. The van der Waals surface area contributed by atoms with E-state index in [2.05, 4.69) is 15.4 Å². The Labute approximate surface area is 201 Å². The molecule has 8 nitrogen and oxygen atoms in total. The Kier molecular flexibility index (Phi) is 6.05. The van der Waals surface area contributed by atoms with Crippen molar-refractivity contribution in [2.75, 3.05) is 18.7 Å². The van der Waals surface area contributed by atoms with E-state index in [0.29, 0.717) is 29.6 Å². The van der Waals surface area contributed by atoms with Crippen molar-refractivity contribution >= 4 is 23.2 Å². The minimum Gasteiger partial charge on any atom is -0.463 e. The summed E-state index contributed by atoms with van der Waals surface area (Å²) in [5, 5.41) is 6.56. The van der Waals surface area contributed by atoms with Crippen LogP contribution in [0.3, 0.4) is 0 Å². The van der Waals surface area contributed by atoms with Gasteiger partial charge in [0, 0.05) is 11.3 Å². The van der Waals surface area contributed by atoms with Crippen LogP contribution in [0.1, 0.15) is 17.9 Å². The topological polar surface area (TPSA) is 87.5 Å². The summed E-state index contributed by atoms with van der Waals surface area (Å²) in [5.74, 6) is 1.62. The first-order valence-corrected chi connectivity index (χ1v) is 11.2. The SMILES string of the molecule is CCOc1nc(-c2ccc3c(c2)OCO3)n(-c2ccc(NC(=O)C(Cl)c3ccccc3)cc2)n1. The number of nitrogens with one attached hydrogen (secondary N) is 1. The number of halogens is 1. The fourth-order valence-electron chi connectivity index (χ4n) is 3.55. The lowest BCUT2D eigenvalue weighted by atomic mass is 10.1. The van der Waals surface area contributed by atoms with E-state index in [9.17, 15) is 4.79 Å². The molecule has 1 aliphatic rings. The molecule has 1 aliphatic heterocycles. The smallest absolute Gasteiger partial charge is 0.336 e. The summed E-state index contributed by atoms with van der Waals surface area (Å²) in [4.78, 5) is 17.1. The molecule has 2 heterocycles. The number of nitrogens with zero attached hydrogens (tertiary/aromatic N) is 3. The lowest BCUT2D eigenvalue weighted by molar-refractivity contribution is -0.116. The number of carbonyl (C=O) groups is 1. The van der Waals surface area contributed by atoms with Gasteiger partial charge in [-0.15, -0.1) is 16.7 Å². The highest BCUT2D eigenvalue weighted by Crippen LogP contribution is 2.36. The first-order chi connectivity index (χ1) is 16.6. The first-order valence-electron chi connectivity index (χ1n) is 10.7. The van der Waals surface area contributed by atoms with Gasteiger partial charge in [-0.05, 0) is 55.0 Å². The van der Waals surface area contributed by atoms with Crippen molar-refractivity contribution in [3.8, 4) is 34.6 Å². The zero-order valence-electron chi connectivity index (χ0n) is 18.3. The summed E-state index contributed by atoms with van der Waals surface area (Å²) in [5.41, 5.74) is 2.89. The molecule has 1 amide bonds. The van der Waals surface area contributed by atoms with Crippen LogP contribution in [0.25, 0.3) is 17.1 Å². The molecule has 1 atom stereocenters. The summed E-state index contributed by atoms with van der Waals surface area (Å²) >= 11 is 6.33. The van der Waals surface area contributed by atoms with Gasteiger partial charge in [0.1, 0.15) is 5.38 Å². The van der Waals surface area contributed by atoms with Gasteiger partial charge < -0.3 is 19.5 Å². The maximum Gasteiger partial charge on any atom is 0.336 e. The van der Waals surface area contributed by atoms with E-state index in [1.54, 1.807) is 16.8 Å². The molecule has 1 aromatic heterocycles. The van der Waals surface area contributed by atoms with Gasteiger partial charge >= 0.3 is 6.01 Å². The normalized spacial score (nSPS) is 12.9. The number of alkyl halides is 1. The molecular formula is C25H21ClN4O4. The van der Waals surface area contributed by atoms with Gasteiger partial charge in [0.2, 0.25) is 12.7 Å². The summed E-state index contributed by atoms with van der Waals surface area (Å²) < 4.78 is 18.1. The zero-order valence-corrected chi connectivity index (χ0v) is 19.0. The third kappa shape index (κ3) is 4.40. The predicted octanol–water partition coefficient (Wildman–Crippen LogP) is 4.98. The average molecular weight is 477 g/mol. The van der Waals surface area contributed by atoms with Crippen molar-refractivity contribution in [3.63, 3.8) is 0 Å². The quantitative estimate of drug-likeness (QED) is 0.378. The van der Waals surface area contributed by atoms with Crippen LogP contribution in [0.2, 0.25) is 0 Å². The van der Waals surface area contributed by atoms with Crippen molar-refractivity contribution in [2.45, 2.75) is 12.3 Å². The Morgan fingerprint density at radius 3 is 2.62 bits per heavy atom. The second-order valence-corrected chi connectivity index (χ2v) is 7.88. The highest BCUT2D eigenvalue weighted by Gasteiger charge is 2.20. The number of hydrogen-bond acceptors (Lipinski definition) is 6. The van der Waals surface area contributed by atoms with Crippen molar-refractivity contribution in [1.82, 2.24) is 14.8 Å². The number of fused-ring (bicyclic) bond motifs is 1. The highest BCUT2D eigenvalue weighted by molar-refractivity contribution is 6.32. The fraction of sp³-hybridized carbons (Fsp3) is 0.160. The predicted molar refractivity (Wildman–Crippen MR) is 128 cm³/mol. The maximum atomic E-state index is 12.6. The van der Waals surface area contributed by atoms with Gasteiger partial charge in [-0.2, -0.15) is 4.98 Å². The monoisotopic (exact) mass is 476 g/mol. The standard InChI is InChI=1S/C25H21ClN4O4/c1-2-32-25-28-23(17-8-13-20-21(14-17)34-15-33-20)30(29-25)19-11-9-18(10-12-19)27-24(31)22(26)16-6-4-3-5-7-16/h3-14,22H,2,15H2,1H3,(H,27,31). The summed E-state index contributed by atoms with van der Waals surface area (Å²) in [6.45, 7) is 2.50. The second-order valence-electron chi connectivity index (χ2n) is 7.44. The number of carbonyl (C=O) groups excluding carboxylic acids is 1. The second kappa shape index (κ2) is 9.44. The van der Waals surface area contributed by atoms with Crippen molar-refractivity contribution < 1.29 is 19.0 Å². The van der Waals surface area contributed by atoms with Crippen LogP contribution in [0.4, 0.5) is 5.69 Å². The number of aromatic nitrogens is 3. The van der Waals surface area contributed by atoms with E-state index >= 15 is 0 Å². The molecule has 34 heavy (non-hydrogen) atoms. The minimum absolute atomic E-state index is 0.191. The zero-order chi connectivity index (χ0) is 23.5. The molecule has 3 aromatic carbocycles. The minimum atomic E-state index is -0.789. The van der Waals surface area contributed by atoms with E-state index in [4.69, 9.17) is 25.8 Å². The van der Waals surface area contributed by atoms with E-state index in [1.165, 1.54) is 0 Å². The van der Waals surface area contributed by atoms with E-state index < -0.39 is 5.38 Å². The van der Waals surface area contributed by atoms with Gasteiger partial charge in [0.15, 0.2) is 17.3 Å². The molecule has 0 aliphatic carbocycles. The molecule has 0 radical (unpaired) electrons. The van der Waals surface area contributed by atoms with Crippen LogP contribution in [0.15, 0.2) is 72.8 Å². The van der Waals surface area contributed by atoms with Crippen LogP contribution in [-0.2, 0) is 4.79 Å². The lowest BCUT2D eigenvalue weighted by Crippen LogP contribution is -2.17. The van der Waals surface area contributed by atoms with Gasteiger partial charge in [0.25, 0.3) is 0 Å². The van der Waals surface area contributed by atoms with Crippen LogP contribution in [-0.4, -0.2) is 34.1 Å². The summed E-state index contributed by atoms with van der Waals surface area (Å²) in [6.07, 6.45) is 0.